The molecule has 1 aromatic carbocycles. The van der Waals surface area contributed by atoms with E-state index >= 15 is 0 Å². The smallest absolute Gasteiger partial charge is 0.123 e. The van der Waals surface area contributed by atoms with Gasteiger partial charge in [-0.15, -0.1) is 6.58 Å². The Bertz CT molecular complexity index is 595. The zero-order valence-corrected chi connectivity index (χ0v) is 16.9. The van der Waals surface area contributed by atoms with Crippen molar-refractivity contribution in [3.8, 4) is 0 Å². The highest BCUT2D eigenvalue weighted by molar-refractivity contribution is 5.21. The van der Waals surface area contributed by atoms with E-state index in [-0.39, 0.29) is 5.82 Å². The Balaban J connectivity index is 1.26. The van der Waals surface area contributed by atoms with Gasteiger partial charge in [0.2, 0.25) is 0 Å². The van der Waals surface area contributed by atoms with Gasteiger partial charge in [-0.05, 0) is 124 Å². The topological polar surface area (TPSA) is 0 Å². The third-order valence-corrected chi connectivity index (χ3v) is 8.32. The van der Waals surface area contributed by atoms with Crippen molar-refractivity contribution >= 4 is 0 Å². The molecule has 0 nitrogen and oxygen atoms in total. The molecule has 1 heteroatoms. The summed E-state index contributed by atoms with van der Waals surface area (Å²) in [4.78, 5) is 0. The number of rotatable bonds is 5. The molecule has 4 unspecified atom stereocenters. The van der Waals surface area contributed by atoms with Crippen LogP contribution in [0, 0.1) is 35.4 Å². The van der Waals surface area contributed by atoms with Crippen LogP contribution < -0.4 is 0 Å². The van der Waals surface area contributed by atoms with Crippen LogP contribution in [0.3, 0.4) is 0 Å². The van der Waals surface area contributed by atoms with Crippen LogP contribution in [0.1, 0.15) is 88.5 Å². The molecule has 3 saturated carbocycles. The standard InChI is InChI=1S/C26H37F/c1-2-3-4-19-5-6-25-18-24(12-11-23(25)17-19)22-9-7-20(8-10-22)21-13-15-26(27)16-14-21/h2,13-16,19-20,22-25H,1,3-12,17-18H2. The minimum Gasteiger partial charge on any atom is -0.207 e. The molecule has 4 atom stereocenters. The summed E-state index contributed by atoms with van der Waals surface area (Å²) < 4.78 is 13.2. The molecule has 4 rings (SSSR count). The van der Waals surface area contributed by atoms with Crippen molar-refractivity contribution in [1.29, 1.82) is 0 Å². The van der Waals surface area contributed by atoms with E-state index in [4.69, 9.17) is 0 Å². The Morgan fingerprint density at radius 1 is 0.778 bits per heavy atom. The van der Waals surface area contributed by atoms with E-state index in [2.05, 4.69) is 12.7 Å². The fourth-order valence-electron chi connectivity index (χ4n) is 6.73. The van der Waals surface area contributed by atoms with Crippen LogP contribution in [0.2, 0.25) is 0 Å². The van der Waals surface area contributed by atoms with Crippen molar-refractivity contribution in [3.63, 3.8) is 0 Å². The highest BCUT2D eigenvalue weighted by atomic mass is 19.1. The highest BCUT2D eigenvalue weighted by Crippen LogP contribution is 2.50. The first kappa shape index (κ1) is 19.2. The summed E-state index contributed by atoms with van der Waals surface area (Å²) in [7, 11) is 0. The number of allylic oxidation sites excluding steroid dienone is 1. The van der Waals surface area contributed by atoms with Crippen molar-refractivity contribution in [2.24, 2.45) is 29.6 Å². The van der Waals surface area contributed by atoms with Crippen LogP contribution in [0.25, 0.3) is 0 Å². The molecule has 3 aliphatic rings. The molecular formula is C26H37F. The summed E-state index contributed by atoms with van der Waals surface area (Å²) in [5.41, 5.74) is 1.36. The molecule has 0 amide bonds. The number of fused-ring (bicyclic) bond motifs is 1. The molecule has 0 N–H and O–H groups in total. The Morgan fingerprint density at radius 3 is 2.07 bits per heavy atom. The molecule has 1 aromatic rings. The van der Waals surface area contributed by atoms with E-state index in [0.29, 0.717) is 5.92 Å². The van der Waals surface area contributed by atoms with Crippen molar-refractivity contribution < 1.29 is 4.39 Å². The largest absolute Gasteiger partial charge is 0.207 e. The van der Waals surface area contributed by atoms with Gasteiger partial charge in [0.05, 0.1) is 0 Å². The first-order valence-corrected chi connectivity index (χ1v) is 11.6. The molecule has 0 heterocycles. The summed E-state index contributed by atoms with van der Waals surface area (Å²) in [6.07, 6.45) is 19.1. The van der Waals surface area contributed by atoms with Gasteiger partial charge in [0.15, 0.2) is 0 Å². The molecular weight excluding hydrogens is 331 g/mol. The molecule has 27 heavy (non-hydrogen) atoms. The fraction of sp³-hybridized carbons (Fsp3) is 0.692. The summed E-state index contributed by atoms with van der Waals surface area (Å²) >= 11 is 0. The lowest BCUT2D eigenvalue weighted by atomic mass is 9.60. The summed E-state index contributed by atoms with van der Waals surface area (Å²) in [5.74, 6) is 5.54. The van der Waals surface area contributed by atoms with E-state index in [0.717, 1.165) is 29.6 Å². The van der Waals surface area contributed by atoms with Crippen molar-refractivity contribution in [2.75, 3.05) is 0 Å². The fourth-order valence-corrected chi connectivity index (χ4v) is 6.73. The normalized spacial score (nSPS) is 36.8. The van der Waals surface area contributed by atoms with Gasteiger partial charge in [-0.1, -0.05) is 24.6 Å². The molecule has 0 aliphatic heterocycles. The van der Waals surface area contributed by atoms with Gasteiger partial charge >= 0.3 is 0 Å². The Hall–Kier alpha value is -1.11. The van der Waals surface area contributed by atoms with Crippen LogP contribution in [0.15, 0.2) is 36.9 Å². The number of benzene rings is 1. The maximum Gasteiger partial charge on any atom is 0.123 e. The molecule has 0 radical (unpaired) electrons. The van der Waals surface area contributed by atoms with Crippen LogP contribution in [-0.2, 0) is 0 Å². The number of hydrogen-bond donors (Lipinski definition) is 0. The summed E-state index contributed by atoms with van der Waals surface area (Å²) in [6, 6.07) is 7.29. The van der Waals surface area contributed by atoms with Gasteiger partial charge in [0.1, 0.15) is 5.82 Å². The van der Waals surface area contributed by atoms with Gasteiger partial charge in [0, 0.05) is 0 Å². The maximum absolute atomic E-state index is 13.2. The summed E-state index contributed by atoms with van der Waals surface area (Å²) in [5, 5.41) is 0. The molecule has 148 valence electrons. The van der Waals surface area contributed by atoms with Crippen LogP contribution >= 0.6 is 0 Å². The number of hydrogen-bond acceptors (Lipinski definition) is 0. The van der Waals surface area contributed by atoms with Crippen LogP contribution in [0.4, 0.5) is 4.39 Å². The van der Waals surface area contributed by atoms with E-state index in [1.54, 1.807) is 12.1 Å². The molecule has 0 spiro atoms. The molecule has 0 saturated heterocycles. The lowest BCUT2D eigenvalue weighted by molar-refractivity contribution is 0.0621. The van der Waals surface area contributed by atoms with Gasteiger partial charge in [-0.25, -0.2) is 4.39 Å². The third kappa shape index (κ3) is 4.66. The Morgan fingerprint density at radius 2 is 1.37 bits per heavy atom. The predicted molar refractivity (Wildman–Crippen MR) is 112 cm³/mol. The van der Waals surface area contributed by atoms with Gasteiger partial charge < -0.3 is 0 Å². The first-order chi connectivity index (χ1) is 13.2. The zero-order chi connectivity index (χ0) is 18.6. The molecule has 3 fully saturated rings. The molecule has 0 aromatic heterocycles. The Labute approximate surface area is 165 Å². The average molecular weight is 369 g/mol. The van der Waals surface area contributed by atoms with Gasteiger partial charge in [-0.3, -0.25) is 0 Å². The monoisotopic (exact) mass is 368 g/mol. The lowest BCUT2D eigenvalue weighted by Crippen LogP contribution is -2.34. The summed E-state index contributed by atoms with van der Waals surface area (Å²) in [6.45, 7) is 3.90. The van der Waals surface area contributed by atoms with Crippen molar-refractivity contribution in [3.05, 3.63) is 48.3 Å². The maximum atomic E-state index is 13.2. The second kappa shape index (κ2) is 8.93. The predicted octanol–water partition coefficient (Wildman–Crippen LogP) is 7.90. The SMILES string of the molecule is C=CCCC1CCC2CC(C3CCC(c4ccc(F)cc4)CC3)CCC2C1. The Kier molecular flexibility index (Phi) is 6.35. The lowest BCUT2D eigenvalue weighted by Gasteiger charge is -2.45. The zero-order valence-electron chi connectivity index (χ0n) is 16.9. The number of halogens is 1. The van der Waals surface area contributed by atoms with Crippen molar-refractivity contribution in [1.82, 2.24) is 0 Å². The molecule has 3 aliphatic carbocycles. The van der Waals surface area contributed by atoms with Gasteiger partial charge in [0.25, 0.3) is 0 Å². The quantitative estimate of drug-likeness (QED) is 0.463. The van der Waals surface area contributed by atoms with E-state index < -0.39 is 0 Å². The van der Waals surface area contributed by atoms with Crippen LogP contribution in [-0.4, -0.2) is 0 Å². The second-order valence-electron chi connectivity index (χ2n) is 9.80. The minimum atomic E-state index is -0.108. The highest BCUT2D eigenvalue weighted by Gasteiger charge is 2.38. The first-order valence-electron chi connectivity index (χ1n) is 11.6. The van der Waals surface area contributed by atoms with E-state index in [1.165, 1.54) is 82.6 Å². The average Bonchev–Trinajstić information content (AvgIpc) is 2.72. The second-order valence-corrected chi connectivity index (χ2v) is 9.80. The van der Waals surface area contributed by atoms with Gasteiger partial charge in [-0.2, -0.15) is 0 Å². The van der Waals surface area contributed by atoms with E-state index in [1.807, 2.05) is 12.1 Å². The third-order valence-electron chi connectivity index (χ3n) is 8.32. The van der Waals surface area contributed by atoms with E-state index in [9.17, 15) is 4.39 Å². The van der Waals surface area contributed by atoms with Crippen LogP contribution in [0.5, 0.6) is 0 Å². The minimum absolute atomic E-state index is 0.108. The van der Waals surface area contributed by atoms with Crippen molar-refractivity contribution in [2.45, 2.75) is 83.0 Å². The molecule has 0 bridgehead atoms.